The zero-order valence-electron chi connectivity index (χ0n) is 14.3. The van der Waals surface area contributed by atoms with Gasteiger partial charge in [0.05, 0.1) is 12.6 Å². The first kappa shape index (κ1) is 15.7. The molecule has 130 valence electrons. The molecule has 2 aromatic rings. The second kappa shape index (κ2) is 6.60. The SMILES string of the molecule is CCc1noc([C@@H](C)N2CCN(Cc3nnc(C4CC4)o3)CC2)n1. The molecule has 2 aliphatic rings. The Kier molecular flexibility index (Phi) is 4.32. The molecule has 1 aliphatic heterocycles. The Morgan fingerprint density at radius 2 is 1.96 bits per heavy atom. The molecular formula is C16H24N6O2. The molecule has 2 aromatic heterocycles. The maximum Gasteiger partial charge on any atom is 0.243 e. The van der Waals surface area contributed by atoms with Crippen LogP contribution in [0.15, 0.2) is 8.94 Å². The van der Waals surface area contributed by atoms with Crippen LogP contribution >= 0.6 is 0 Å². The van der Waals surface area contributed by atoms with Gasteiger partial charge in [-0.3, -0.25) is 9.80 Å². The van der Waals surface area contributed by atoms with Crippen LogP contribution in [0.5, 0.6) is 0 Å². The highest BCUT2D eigenvalue weighted by Gasteiger charge is 2.30. The predicted molar refractivity (Wildman–Crippen MR) is 85.2 cm³/mol. The van der Waals surface area contributed by atoms with Gasteiger partial charge < -0.3 is 8.94 Å². The van der Waals surface area contributed by atoms with Crippen molar-refractivity contribution in [1.29, 1.82) is 0 Å². The minimum Gasteiger partial charge on any atom is -0.424 e. The van der Waals surface area contributed by atoms with Gasteiger partial charge in [0.2, 0.25) is 17.7 Å². The minimum absolute atomic E-state index is 0.157. The average molecular weight is 332 g/mol. The zero-order valence-corrected chi connectivity index (χ0v) is 14.3. The molecule has 3 heterocycles. The van der Waals surface area contributed by atoms with Crippen LogP contribution in [0.3, 0.4) is 0 Å². The third kappa shape index (κ3) is 3.34. The standard InChI is InChI=1S/C16H24N6O2/c1-3-13-17-15(24-20-13)11(2)22-8-6-21(7-9-22)10-14-18-19-16(23-14)12-4-5-12/h11-12H,3-10H2,1-2H3/t11-/m1/s1. The first-order chi connectivity index (χ1) is 11.7. The molecule has 0 bridgehead atoms. The van der Waals surface area contributed by atoms with Crippen molar-refractivity contribution >= 4 is 0 Å². The van der Waals surface area contributed by atoms with Gasteiger partial charge in [-0.05, 0) is 19.8 Å². The van der Waals surface area contributed by atoms with Crippen LogP contribution in [0.25, 0.3) is 0 Å². The summed E-state index contributed by atoms with van der Waals surface area (Å²) >= 11 is 0. The summed E-state index contributed by atoms with van der Waals surface area (Å²) in [5.41, 5.74) is 0. The molecule has 0 aromatic carbocycles. The lowest BCUT2D eigenvalue weighted by Crippen LogP contribution is -2.46. The maximum atomic E-state index is 5.76. The second-order valence-electron chi connectivity index (χ2n) is 6.70. The van der Waals surface area contributed by atoms with Crippen LogP contribution < -0.4 is 0 Å². The van der Waals surface area contributed by atoms with E-state index in [2.05, 4.69) is 37.1 Å². The smallest absolute Gasteiger partial charge is 0.243 e. The predicted octanol–water partition coefficient (Wildman–Crippen LogP) is 1.77. The molecule has 8 heteroatoms. The van der Waals surface area contributed by atoms with E-state index < -0.39 is 0 Å². The zero-order chi connectivity index (χ0) is 16.5. The summed E-state index contributed by atoms with van der Waals surface area (Å²) in [6.07, 6.45) is 3.18. The molecule has 1 atom stereocenters. The molecule has 2 fully saturated rings. The maximum absolute atomic E-state index is 5.76. The van der Waals surface area contributed by atoms with Crippen molar-refractivity contribution in [3.05, 3.63) is 23.5 Å². The van der Waals surface area contributed by atoms with Crippen LogP contribution in [0.1, 0.15) is 62.1 Å². The van der Waals surface area contributed by atoms with Crippen molar-refractivity contribution in [3.63, 3.8) is 0 Å². The fraction of sp³-hybridized carbons (Fsp3) is 0.750. The van der Waals surface area contributed by atoms with Gasteiger partial charge in [-0.2, -0.15) is 4.98 Å². The van der Waals surface area contributed by atoms with Crippen LogP contribution in [-0.4, -0.2) is 56.3 Å². The van der Waals surface area contributed by atoms with Gasteiger partial charge in [0, 0.05) is 38.5 Å². The van der Waals surface area contributed by atoms with Gasteiger partial charge in [0.1, 0.15) is 0 Å². The van der Waals surface area contributed by atoms with Crippen molar-refractivity contribution in [3.8, 4) is 0 Å². The van der Waals surface area contributed by atoms with E-state index in [1.54, 1.807) is 0 Å². The summed E-state index contributed by atoms with van der Waals surface area (Å²) in [5.74, 6) is 3.57. The van der Waals surface area contributed by atoms with E-state index in [0.717, 1.165) is 56.8 Å². The normalized spacial score (nSPS) is 21.2. The summed E-state index contributed by atoms with van der Waals surface area (Å²) in [4.78, 5) is 9.19. The molecule has 0 N–H and O–H groups in total. The molecule has 1 aliphatic carbocycles. The number of rotatable bonds is 6. The Hall–Kier alpha value is -1.80. The second-order valence-corrected chi connectivity index (χ2v) is 6.70. The summed E-state index contributed by atoms with van der Waals surface area (Å²) < 4.78 is 11.1. The van der Waals surface area contributed by atoms with Crippen LogP contribution in [0.2, 0.25) is 0 Å². The summed E-state index contributed by atoms with van der Waals surface area (Å²) in [6.45, 7) is 8.78. The first-order valence-electron chi connectivity index (χ1n) is 8.84. The highest BCUT2D eigenvalue weighted by molar-refractivity contribution is 5.00. The third-order valence-electron chi connectivity index (χ3n) is 4.88. The van der Waals surface area contributed by atoms with Crippen LogP contribution in [0, 0.1) is 0 Å². The number of hydrogen-bond acceptors (Lipinski definition) is 8. The molecule has 0 radical (unpaired) electrons. The molecule has 0 unspecified atom stereocenters. The lowest BCUT2D eigenvalue weighted by atomic mass is 10.2. The molecule has 4 rings (SSSR count). The Bertz CT molecular complexity index is 672. The lowest BCUT2D eigenvalue weighted by Gasteiger charge is -2.36. The number of aromatic nitrogens is 4. The number of nitrogens with zero attached hydrogens (tertiary/aromatic N) is 6. The fourth-order valence-electron chi connectivity index (χ4n) is 3.06. The van der Waals surface area contributed by atoms with Gasteiger partial charge in [-0.15, -0.1) is 10.2 Å². The highest BCUT2D eigenvalue weighted by atomic mass is 16.5. The summed E-state index contributed by atoms with van der Waals surface area (Å²) in [5, 5.41) is 12.3. The topological polar surface area (TPSA) is 84.3 Å². The van der Waals surface area contributed by atoms with E-state index in [4.69, 9.17) is 8.94 Å². The number of hydrogen-bond donors (Lipinski definition) is 0. The summed E-state index contributed by atoms with van der Waals surface area (Å²) in [6, 6.07) is 0.157. The van der Waals surface area contributed by atoms with Gasteiger partial charge in [0.25, 0.3) is 0 Å². The number of aryl methyl sites for hydroxylation is 1. The van der Waals surface area contributed by atoms with E-state index in [0.29, 0.717) is 11.8 Å². The quantitative estimate of drug-likeness (QED) is 0.791. The molecule has 0 spiro atoms. The molecule has 0 amide bonds. The Morgan fingerprint density at radius 3 is 2.62 bits per heavy atom. The Labute approximate surface area is 141 Å². The number of piperazine rings is 1. The van der Waals surface area contributed by atoms with E-state index in [-0.39, 0.29) is 6.04 Å². The largest absolute Gasteiger partial charge is 0.424 e. The molecule has 8 nitrogen and oxygen atoms in total. The van der Waals surface area contributed by atoms with Crippen LogP contribution in [-0.2, 0) is 13.0 Å². The van der Waals surface area contributed by atoms with E-state index >= 15 is 0 Å². The fourth-order valence-corrected chi connectivity index (χ4v) is 3.06. The minimum atomic E-state index is 0.157. The first-order valence-corrected chi connectivity index (χ1v) is 8.84. The summed E-state index contributed by atoms with van der Waals surface area (Å²) in [7, 11) is 0. The van der Waals surface area contributed by atoms with Gasteiger partial charge in [-0.1, -0.05) is 12.1 Å². The Morgan fingerprint density at radius 1 is 1.17 bits per heavy atom. The molecule has 24 heavy (non-hydrogen) atoms. The lowest BCUT2D eigenvalue weighted by molar-refractivity contribution is 0.0795. The van der Waals surface area contributed by atoms with E-state index in [1.807, 2.05) is 6.92 Å². The van der Waals surface area contributed by atoms with Crippen molar-refractivity contribution in [2.75, 3.05) is 26.2 Å². The molecule has 1 saturated carbocycles. The molecule has 1 saturated heterocycles. The van der Waals surface area contributed by atoms with E-state index in [9.17, 15) is 0 Å². The van der Waals surface area contributed by atoms with Crippen LogP contribution in [0.4, 0.5) is 0 Å². The van der Waals surface area contributed by atoms with Crippen molar-refractivity contribution in [1.82, 2.24) is 30.1 Å². The average Bonchev–Trinajstić information content (AvgIpc) is 3.17. The van der Waals surface area contributed by atoms with Crippen molar-refractivity contribution in [2.24, 2.45) is 0 Å². The van der Waals surface area contributed by atoms with Crippen molar-refractivity contribution in [2.45, 2.75) is 51.6 Å². The van der Waals surface area contributed by atoms with Gasteiger partial charge >= 0.3 is 0 Å². The Balaban J connectivity index is 1.29. The third-order valence-corrected chi connectivity index (χ3v) is 4.88. The van der Waals surface area contributed by atoms with Gasteiger partial charge in [-0.25, -0.2) is 0 Å². The van der Waals surface area contributed by atoms with Crippen molar-refractivity contribution < 1.29 is 8.94 Å². The molecular weight excluding hydrogens is 308 g/mol. The highest BCUT2D eigenvalue weighted by Crippen LogP contribution is 2.39. The monoisotopic (exact) mass is 332 g/mol. The van der Waals surface area contributed by atoms with Gasteiger partial charge in [0.15, 0.2) is 5.82 Å². The van der Waals surface area contributed by atoms with E-state index in [1.165, 1.54) is 12.8 Å².